The van der Waals surface area contributed by atoms with E-state index in [1.54, 1.807) is 6.92 Å². The van der Waals surface area contributed by atoms with Crippen molar-refractivity contribution < 1.29 is 36.2 Å². The van der Waals surface area contributed by atoms with Gasteiger partial charge in [0.05, 0.1) is 37.2 Å². The van der Waals surface area contributed by atoms with Gasteiger partial charge in [-0.05, 0) is 44.9 Å². The van der Waals surface area contributed by atoms with E-state index in [4.69, 9.17) is 19.9 Å². The van der Waals surface area contributed by atoms with Crippen LogP contribution < -0.4 is 25.8 Å². The van der Waals surface area contributed by atoms with E-state index in [0.29, 0.717) is 45.7 Å². The van der Waals surface area contributed by atoms with Crippen molar-refractivity contribution in [2.45, 2.75) is 39.0 Å². The number of nitrogens with one attached hydrogen (secondary N) is 2. The van der Waals surface area contributed by atoms with E-state index in [1.807, 2.05) is 0 Å². The fourth-order valence-electron chi connectivity index (χ4n) is 5.17. The highest BCUT2D eigenvalue weighted by Crippen LogP contribution is 2.44. The molecule has 2 aliphatic rings. The van der Waals surface area contributed by atoms with Gasteiger partial charge >= 0.3 is 12.2 Å². The number of pyridine rings is 1. The summed E-state index contributed by atoms with van der Waals surface area (Å²) in [5, 5.41) is 6.42. The minimum absolute atomic E-state index is 0.0519. The summed E-state index contributed by atoms with van der Waals surface area (Å²) in [6, 6.07) is 0.567. The fourth-order valence-corrected chi connectivity index (χ4v) is 5.17. The maximum atomic E-state index is 16.4. The van der Waals surface area contributed by atoms with Crippen LogP contribution in [-0.2, 0) is 10.9 Å². The van der Waals surface area contributed by atoms with Crippen molar-refractivity contribution >= 4 is 22.4 Å². The molecule has 1 aromatic carbocycles. The lowest BCUT2D eigenvalue weighted by atomic mass is 9.96. The van der Waals surface area contributed by atoms with Crippen LogP contribution in [0.4, 0.5) is 33.5 Å². The summed E-state index contributed by atoms with van der Waals surface area (Å²) < 4.78 is 90.9. The van der Waals surface area contributed by atoms with Crippen LogP contribution in [0.2, 0.25) is 0 Å². The molecule has 2 aromatic heterocycles. The lowest BCUT2D eigenvalue weighted by molar-refractivity contribution is -0.137. The number of nitrogens with two attached hydrogens (primary N) is 1. The third kappa shape index (κ3) is 6.83. The van der Waals surface area contributed by atoms with E-state index in [9.17, 15) is 17.6 Å². The Morgan fingerprint density at radius 3 is 2.60 bits per heavy atom. The summed E-state index contributed by atoms with van der Waals surface area (Å²) >= 11 is 0. The maximum absolute atomic E-state index is 16.4. The lowest BCUT2D eigenvalue weighted by Gasteiger charge is -2.26. The number of ether oxygens (including phenoxy) is 3. The molecule has 10 nitrogen and oxygen atoms in total. The number of hydrogen-bond donors (Lipinski definition) is 3. The van der Waals surface area contributed by atoms with Gasteiger partial charge in [-0.2, -0.15) is 23.1 Å². The van der Waals surface area contributed by atoms with Gasteiger partial charge in [-0.25, -0.2) is 13.8 Å². The van der Waals surface area contributed by atoms with Gasteiger partial charge < -0.3 is 30.6 Å². The molecule has 1 unspecified atom stereocenters. The van der Waals surface area contributed by atoms with Gasteiger partial charge in [-0.1, -0.05) is 0 Å². The van der Waals surface area contributed by atoms with Crippen molar-refractivity contribution in [2.24, 2.45) is 0 Å². The van der Waals surface area contributed by atoms with Crippen LogP contribution in [-0.4, -0.2) is 85.0 Å². The highest BCUT2D eigenvalue weighted by Gasteiger charge is 2.39. The van der Waals surface area contributed by atoms with Gasteiger partial charge in [0.2, 0.25) is 5.88 Å². The average Bonchev–Trinajstić information content (AvgIpc) is 2.99. The number of rotatable bonds is 6. The SMILES string of the molecule is Cc1c(F)c(N)cc(-c2nc3c4c(nc(OCCCN5CCOCC5)nc4c2F)NCCNCCC(C)O3)c1C(F)(F)F. The van der Waals surface area contributed by atoms with Crippen LogP contribution in [0.1, 0.15) is 30.9 Å². The minimum atomic E-state index is -5.04. The molecule has 43 heavy (non-hydrogen) atoms. The van der Waals surface area contributed by atoms with Crippen LogP contribution in [0.25, 0.3) is 22.2 Å². The Labute approximate surface area is 245 Å². The summed E-state index contributed by atoms with van der Waals surface area (Å²) in [6.45, 7) is 8.14. The Hall–Kier alpha value is -3.56. The predicted octanol–water partition coefficient (Wildman–Crippen LogP) is 4.15. The topological polar surface area (TPSA) is 120 Å². The third-order valence-corrected chi connectivity index (χ3v) is 7.39. The molecule has 1 atom stereocenters. The molecule has 234 valence electrons. The first kappa shape index (κ1) is 30.9. The number of hydrogen-bond acceptors (Lipinski definition) is 10. The third-order valence-electron chi connectivity index (χ3n) is 7.39. The second kappa shape index (κ2) is 13.0. The van der Waals surface area contributed by atoms with Crippen molar-refractivity contribution in [1.82, 2.24) is 25.2 Å². The van der Waals surface area contributed by atoms with E-state index in [0.717, 1.165) is 32.6 Å². The van der Waals surface area contributed by atoms with Crippen molar-refractivity contribution in [2.75, 3.05) is 70.1 Å². The standard InChI is InChI=1S/C28H34F5N7O3/c1-15-4-5-35-6-7-36-25-19-24(38-27(39-25)42-11-3-8-40-9-12-41-13-10-40)22(30)23(37-26(19)43-15)17-14-18(34)21(29)16(2)20(17)28(31,32)33/h14-15,35H,3-13,34H2,1-2H3,(H,36,38,39). The number of morpholine rings is 1. The Bertz CT molecular complexity index is 1470. The number of halogens is 5. The number of anilines is 2. The predicted molar refractivity (Wildman–Crippen MR) is 150 cm³/mol. The van der Waals surface area contributed by atoms with Crippen LogP contribution in [0.5, 0.6) is 11.9 Å². The number of nitrogen functional groups attached to an aromatic ring is 1. The van der Waals surface area contributed by atoms with Crippen molar-refractivity contribution in [3.05, 3.63) is 28.8 Å². The van der Waals surface area contributed by atoms with E-state index in [-0.39, 0.29) is 35.2 Å². The molecular weight excluding hydrogens is 577 g/mol. The smallest absolute Gasteiger partial charge is 0.417 e. The van der Waals surface area contributed by atoms with Crippen molar-refractivity contribution in [3.63, 3.8) is 0 Å². The molecular formula is C28H34F5N7O3. The second-order valence-electron chi connectivity index (χ2n) is 10.5. The second-order valence-corrected chi connectivity index (χ2v) is 10.5. The number of alkyl halides is 3. The van der Waals surface area contributed by atoms with Gasteiger partial charge in [0, 0.05) is 38.3 Å². The quantitative estimate of drug-likeness (QED) is 0.213. The molecule has 0 bridgehead atoms. The first-order valence-electron chi connectivity index (χ1n) is 14.2. The van der Waals surface area contributed by atoms with Crippen LogP contribution in [0.15, 0.2) is 6.07 Å². The number of nitrogens with zero attached hydrogens (tertiary/aromatic N) is 4. The molecule has 0 radical (unpaired) electrons. The van der Waals surface area contributed by atoms with Crippen LogP contribution in [0, 0.1) is 18.6 Å². The molecule has 0 saturated carbocycles. The summed E-state index contributed by atoms with van der Waals surface area (Å²) in [5.74, 6) is -2.43. The van der Waals surface area contributed by atoms with E-state index in [2.05, 4.69) is 30.5 Å². The van der Waals surface area contributed by atoms with E-state index < -0.39 is 52.0 Å². The van der Waals surface area contributed by atoms with Gasteiger partial charge in [-0.15, -0.1) is 0 Å². The summed E-state index contributed by atoms with van der Waals surface area (Å²) in [4.78, 5) is 15.2. The zero-order chi connectivity index (χ0) is 30.7. The Balaban J connectivity index is 1.63. The largest absolute Gasteiger partial charge is 0.474 e. The van der Waals surface area contributed by atoms with Crippen molar-refractivity contribution in [3.8, 4) is 23.1 Å². The van der Waals surface area contributed by atoms with Crippen LogP contribution in [0.3, 0.4) is 0 Å². The van der Waals surface area contributed by atoms with E-state index >= 15 is 4.39 Å². The fraction of sp³-hybridized carbons (Fsp3) is 0.536. The normalized spacial score (nSPS) is 18.5. The molecule has 0 spiro atoms. The molecule has 2 aliphatic heterocycles. The summed E-state index contributed by atoms with van der Waals surface area (Å²) in [5.41, 5.74) is 1.16. The first-order chi connectivity index (χ1) is 20.5. The minimum Gasteiger partial charge on any atom is -0.474 e. The van der Waals surface area contributed by atoms with E-state index in [1.165, 1.54) is 0 Å². The van der Waals surface area contributed by atoms with Crippen molar-refractivity contribution in [1.29, 1.82) is 0 Å². The Morgan fingerprint density at radius 1 is 1.09 bits per heavy atom. The average molecular weight is 612 g/mol. The number of aromatic nitrogens is 3. The highest BCUT2D eigenvalue weighted by molar-refractivity contribution is 5.96. The molecule has 15 heteroatoms. The Kier molecular flexibility index (Phi) is 9.32. The van der Waals surface area contributed by atoms with Crippen LogP contribution >= 0.6 is 0 Å². The molecule has 5 rings (SSSR count). The van der Waals surface area contributed by atoms with Gasteiger partial charge in [0.15, 0.2) is 5.82 Å². The monoisotopic (exact) mass is 611 g/mol. The molecule has 0 aliphatic carbocycles. The molecule has 4 N–H and O–H groups in total. The summed E-state index contributed by atoms with van der Waals surface area (Å²) in [7, 11) is 0. The molecule has 1 saturated heterocycles. The Morgan fingerprint density at radius 2 is 1.86 bits per heavy atom. The molecule has 4 heterocycles. The molecule has 1 fully saturated rings. The van der Waals surface area contributed by atoms with Gasteiger partial charge in [0.1, 0.15) is 28.2 Å². The zero-order valence-electron chi connectivity index (χ0n) is 23.9. The maximum Gasteiger partial charge on any atom is 0.417 e. The zero-order valence-corrected chi connectivity index (χ0v) is 23.9. The van der Waals surface area contributed by atoms with Gasteiger partial charge in [-0.3, -0.25) is 4.90 Å². The summed E-state index contributed by atoms with van der Waals surface area (Å²) in [6.07, 6.45) is -4.33. The number of benzene rings is 1. The first-order valence-corrected chi connectivity index (χ1v) is 14.2. The lowest BCUT2D eigenvalue weighted by Crippen LogP contribution is -2.37. The van der Waals surface area contributed by atoms with Gasteiger partial charge in [0.25, 0.3) is 0 Å². The molecule has 3 aromatic rings. The highest BCUT2D eigenvalue weighted by atomic mass is 19.4. The molecule has 0 amide bonds.